The summed E-state index contributed by atoms with van der Waals surface area (Å²) in [4.78, 5) is -0.131. The molecule has 1 rings (SSSR count). The van der Waals surface area contributed by atoms with Crippen molar-refractivity contribution in [3.05, 3.63) is 22.2 Å². The molecule has 0 fully saturated rings. The van der Waals surface area contributed by atoms with Crippen LogP contribution >= 0.6 is 23.2 Å². The molecule has 0 saturated carbocycles. The minimum atomic E-state index is -3.73. The maximum atomic E-state index is 12.4. The van der Waals surface area contributed by atoms with Gasteiger partial charge in [-0.3, -0.25) is 0 Å². The van der Waals surface area contributed by atoms with Crippen LogP contribution in [0.25, 0.3) is 0 Å². The van der Waals surface area contributed by atoms with Crippen molar-refractivity contribution in [2.45, 2.75) is 18.7 Å². The number of sulfonamides is 1. The topological polar surface area (TPSA) is 63.4 Å². The number of rotatable bonds is 4. The molecule has 0 saturated heterocycles. The lowest BCUT2D eigenvalue weighted by atomic mass is 10.2. The molecule has 4 nitrogen and oxygen atoms in total. The van der Waals surface area contributed by atoms with E-state index in [0.717, 1.165) is 0 Å². The van der Waals surface area contributed by atoms with Gasteiger partial charge in [-0.25, -0.2) is 12.7 Å². The Morgan fingerprint density at radius 1 is 1.33 bits per heavy atom. The standard InChI is InChI=1S/C11H16Cl2N2O2S/c1-7(2)6-15(3)18(16,17)11-8(12)4-5-9(14)10(11)13/h4-5,7H,6,14H2,1-3H3. The molecular weight excluding hydrogens is 295 g/mol. The summed E-state index contributed by atoms with van der Waals surface area (Å²) in [6.07, 6.45) is 0. The Morgan fingerprint density at radius 3 is 2.39 bits per heavy atom. The van der Waals surface area contributed by atoms with Gasteiger partial charge in [0.1, 0.15) is 4.90 Å². The quantitative estimate of drug-likeness (QED) is 0.870. The largest absolute Gasteiger partial charge is 0.397 e. The number of anilines is 1. The normalized spacial score (nSPS) is 12.4. The van der Waals surface area contributed by atoms with E-state index >= 15 is 0 Å². The minimum Gasteiger partial charge on any atom is -0.397 e. The van der Waals surface area contributed by atoms with E-state index in [1.165, 1.54) is 23.5 Å². The number of hydrogen-bond acceptors (Lipinski definition) is 3. The van der Waals surface area contributed by atoms with Gasteiger partial charge in [0.15, 0.2) is 0 Å². The number of halogens is 2. The lowest BCUT2D eigenvalue weighted by Crippen LogP contribution is -2.31. The molecule has 1 aromatic carbocycles. The molecule has 0 aromatic heterocycles. The Morgan fingerprint density at radius 2 is 1.89 bits per heavy atom. The van der Waals surface area contributed by atoms with E-state index in [4.69, 9.17) is 28.9 Å². The van der Waals surface area contributed by atoms with E-state index in [0.29, 0.717) is 6.54 Å². The highest BCUT2D eigenvalue weighted by Crippen LogP contribution is 2.35. The molecule has 0 heterocycles. The zero-order valence-corrected chi connectivity index (χ0v) is 12.8. The third kappa shape index (κ3) is 3.09. The summed E-state index contributed by atoms with van der Waals surface area (Å²) >= 11 is 11.9. The highest BCUT2D eigenvalue weighted by molar-refractivity contribution is 7.89. The third-order valence-corrected chi connectivity index (χ3v) is 5.23. The number of nitrogens with two attached hydrogens (primary N) is 1. The van der Waals surface area contributed by atoms with Gasteiger partial charge in [-0.15, -0.1) is 0 Å². The van der Waals surface area contributed by atoms with Crippen LogP contribution in [0.3, 0.4) is 0 Å². The Kier molecular flexibility index (Phi) is 4.89. The summed E-state index contributed by atoms with van der Waals surface area (Å²) in [5.74, 6) is 0.198. The van der Waals surface area contributed by atoms with Crippen molar-refractivity contribution < 1.29 is 8.42 Å². The highest BCUT2D eigenvalue weighted by atomic mass is 35.5. The maximum absolute atomic E-state index is 12.4. The van der Waals surface area contributed by atoms with Gasteiger partial charge in [0.2, 0.25) is 10.0 Å². The molecule has 0 aliphatic rings. The van der Waals surface area contributed by atoms with Crippen LogP contribution in [-0.2, 0) is 10.0 Å². The van der Waals surface area contributed by atoms with E-state index in [-0.39, 0.29) is 26.5 Å². The zero-order chi connectivity index (χ0) is 14.1. The predicted octanol–water partition coefficient (Wildman–Crippen LogP) is 2.85. The molecule has 0 spiro atoms. The Bertz CT molecular complexity index is 544. The summed E-state index contributed by atoms with van der Waals surface area (Å²) in [5.41, 5.74) is 5.81. The van der Waals surface area contributed by atoms with E-state index in [1.807, 2.05) is 13.8 Å². The fourth-order valence-electron chi connectivity index (χ4n) is 1.55. The molecule has 7 heteroatoms. The van der Waals surface area contributed by atoms with Crippen molar-refractivity contribution in [2.75, 3.05) is 19.3 Å². The SMILES string of the molecule is CC(C)CN(C)S(=O)(=O)c1c(Cl)ccc(N)c1Cl. The molecule has 2 N–H and O–H groups in total. The van der Waals surface area contributed by atoms with Gasteiger partial charge >= 0.3 is 0 Å². The van der Waals surface area contributed by atoms with Crippen molar-refractivity contribution >= 4 is 38.9 Å². The van der Waals surface area contributed by atoms with Crippen LogP contribution in [0, 0.1) is 5.92 Å². The summed E-state index contributed by atoms with van der Waals surface area (Å²) in [5, 5.41) is 0.0444. The van der Waals surface area contributed by atoms with Crippen LogP contribution in [0.4, 0.5) is 5.69 Å². The maximum Gasteiger partial charge on any atom is 0.245 e. The van der Waals surface area contributed by atoms with Gasteiger partial charge in [-0.2, -0.15) is 0 Å². The summed E-state index contributed by atoms with van der Waals surface area (Å²) in [7, 11) is -2.24. The van der Waals surface area contributed by atoms with Gasteiger partial charge in [0.25, 0.3) is 0 Å². The molecule has 0 bridgehead atoms. The van der Waals surface area contributed by atoms with Crippen molar-refractivity contribution in [1.82, 2.24) is 4.31 Å². The van der Waals surface area contributed by atoms with Crippen LogP contribution in [0.15, 0.2) is 17.0 Å². The van der Waals surface area contributed by atoms with Gasteiger partial charge in [0, 0.05) is 13.6 Å². The van der Waals surface area contributed by atoms with Crippen molar-refractivity contribution in [3.8, 4) is 0 Å². The van der Waals surface area contributed by atoms with Crippen LogP contribution in [0.1, 0.15) is 13.8 Å². The fourth-order valence-corrected chi connectivity index (χ4v) is 3.97. The van der Waals surface area contributed by atoms with E-state index in [2.05, 4.69) is 0 Å². The number of nitrogen functional groups attached to an aromatic ring is 1. The average molecular weight is 311 g/mol. The molecule has 0 aliphatic heterocycles. The summed E-state index contributed by atoms with van der Waals surface area (Å²) in [6, 6.07) is 2.91. The lowest BCUT2D eigenvalue weighted by molar-refractivity contribution is 0.417. The van der Waals surface area contributed by atoms with Gasteiger partial charge in [-0.05, 0) is 18.1 Å². The predicted molar refractivity (Wildman–Crippen MR) is 75.5 cm³/mol. The summed E-state index contributed by atoms with van der Waals surface area (Å²) in [6.45, 7) is 4.23. The van der Waals surface area contributed by atoms with Crippen molar-refractivity contribution in [2.24, 2.45) is 5.92 Å². The van der Waals surface area contributed by atoms with Crippen LogP contribution in [0.2, 0.25) is 10.0 Å². The molecule has 1 aromatic rings. The number of benzene rings is 1. The van der Waals surface area contributed by atoms with Crippen LogP contribution in [-0.4, -0.2) is 26.3 Å². The average Bonchev–Trinajstić information content (AvgIpc) is 2.22. The first kappa shape index (κ1) is 15.6. The molecule has 0 aliphatic carbocycles. The second kappa shape index (κ2) is 5.65. The van der Waals surface area contributed by atoms with E-state index < -0.39 is 10.0 Å². The van der Waals surface area contributed by atoms with Crippen LogP contribution in [0.5, 0.6) is 0 Å². The lowest BCUT2D eigenvalue weighted by Gasteiger charge is -2.21. The van der Waals surface area contributed by atoms with Crippen molar-refractivity contribution in [1.29, 1.82) is 0 Å². The number of hydrogen-bond donors (Lipinski definition) is 1. The third-order valence-electron chi connectivity index (χ3n) is 2.37. The molecule has 0 radical (unpaired) electrons. The van der Waals surface area contributed by atoms with E-state index in [9.17, 15) is 8.42 Å². The first-order chi connectivity index (χ1) is 8.17. The molecule has 0 amide bonds. The summed E-state index contributed by atoms with van der Waals surface area (Å²) < 4.78 is 26.0. The monoisotopic (exact) mass is 310 g/mol. The highest BCUT2D eigenvalue weighted by Gasteiger charge is 2.27. The van der Waals surface area contributed by atoms with Gasteiger partial charge in [0.05, 0.1) is 15.7 Å². The van der Waals surface area contributed by atoms with Gasteiger partial charge < -0.3 is 5.73 Å². The fraction of sp³-hybridized carbons (Fsp3) is 0.455. The first-order valence-corrected chi connectivity index (χ1v) is 7.57. The molecular formula is C11H16Cl2N2O2S. The Hall–Kier alpha value is -0.490. The first-order valence-electron chi connectivity index (χ1n) is 5.37. The minimum absolute atomic E-state index is 0.0295. The Balaban J connectivity index is 3.33. The van der Waals surface area contributed by atoms with E-state index in [1.54, 1.807) is 0 Å². The second-order valence-corrected chi connectivity index (χ2v) is 7.23. The second-order valence-electron chi connectivity index (χ2n) is 4.46. The molecule has 102 valence electrons. The molecule has 0 atom stereocenters. The smallest absolute Gasteiger partial charge is 0.245 e. The van der Waals surface area contributed by atoms with Crippen LogP contribution < -0.4 is 5.73 Å². The zero-order valence-electron chi connectivity index (χ0n) is 10.4. The molecule has 0 unspecified atom stereocenters. The number of nitrogens with zero attached hydrogens (tertiary/aromatic N) is 1. The molecule has 18 heavy (non-hydrogen) atoms. The van der Waals surface area contributed by atoms with Crippen molar-refractivity contribution in [3.63, 3.8) is 0 Å². The Labute approximate surface area is 118 Å². The van der Waals surface area contributed by atoms with Gasteiger partial charge in [-0.1, -0.05) is 37.0 Å².